The summed E-state index contributed by atoms with van der Waals surface area (Å²) in [5.41, 5.74) is 9.08. The summed E-state index contributed by atoms with van der Waals surface area (Å²) in [6.45, 7) is 22.4. The van der Waals surface area contributed by atoms with E-state index in [4.69, 9.17) is 0 Å². The van der Waals surface area contributed by atoms with Crippen LogP contribution in [0, 0.1) is 47.3 Å². The number of fused-ring (bicyclic) bond motifs is 2. The van der Waals surface area contributed by atoms with Crippen molar-refractivity contribution in [1.82, 2.24) is 10.9 Å². The highest BCUT2D eigenvalue weighted by molar-refractivity contribution is 5.66. The van der Waals surface area contributed by atoms with Crippen LogP contribution in [0.5, 0.6) is 0 Å². The van der Waals surface area contributed by atoms with Crippen LogP contribution < -0.4 is 10.9 Å². The Balaban J connectivity index is 0. The van der Waals surface area contributed by atoms with Gasteiger partial charge < -0.3 is 0 Å². The summed E-state index contributed by atoms with van der Waals surface area (Å²) in [4.78, 5) is 0. The normalized spacial score (nSPS) is 25.2. The van der Waals surface area contributed by atoms with E-state index in [1.165, 1.54) is 64.2 Å². The lowest BCUT2D eigenvalue weighted by atomic mass is 9.79. The molecule has 0 aromatic carbocycles. The molecule has 4 atom stereocenters. The van der Waals surface area contributed by atoms with Gasteiger partial charge in [-0.2, -0.15) is 10.2 Å². The van der Waals surface area contributed by atoms with Crippen molar-refractivity contribution >= 4 is 12.4 Å². The lowest BCUT2D eigenvalue weighted by molar-refractivity contribution is 0.302. The first kappa shape index (κ1) is 40.6. The minimum absolute atomic E-state index is 0. The molecule has 2 aliphatic carbocycles. The first-order valence-electron chi connectivity index (χ1n) is 16.0. The van der Waals surface area contributed by atoms with E-state index in [9.17, 15) is 0 Å². The van der Waals surface area contributed by atoms with Gasteiger partial charge in [0.2, 0.25) is 0 Å². The second-order valence-electron chi connectivity index (χ2n) is 13.9. The second-order valence-corrected chi connectivity index (χ2v) is 13.9. The van der Waals surface area contributed by atoms with Crippen LogP contribution >= 0.6 is 0 Å². The van der Waals surface area contributed by atoms with Gasteiger partial charge in [0.05, 0.1) is 0 Å². The van der Waals surface area contributed by atoms with Gasteiger partial charge in [0, 0.05) is 36.7 Å². The average Bonchev–Trinajstić information content (AvgIpc) is 2.79. The first-order chi connectivity index (χ1) is 18.0. The summed E-state index contributed by atoms with van der Waals surface area (Å²) in [7, 11) is 0. The molecule has 40 heavy (non-hydrogen) atoms. The quantitative estimate of drug-likeness (QED) is 0.353. The van der Waals surface area contributed by atoms with Gasteiger partial charge >= 0.3 is 0 Å². The summed E-state index contributed by atoms with van der Waals surface area (Å²) >= 11 is 0. The van der Waals surface area contributed by atoms with Crippen LogP contribution in [0.25, 0.3) is 0 Å². The molecule has 2 N–H and O–H groups in total. The van der Waals surface area contributed by atoms with Crippen LogP contribution in [0.2, 0.25) is 0 Å². The third-order valence-corrected chi connectivity index (χ3v) is 7.78. The highest BCUT2D eigenvalue weighted by Crippen LogP contribution is 2.34. The average molecular weight is 561 g/mol. The Morgan fingerprint density at radius 1 is 0.550 bits per heavy atom. The van der Waals surface area contributed by atoms with Gasteiger partial charge in [-0.25, -0.2) is 0 Å². The molecule has 0 bridgehead atoms. The van der Waals surface area contributed by atoms with E-state index in [2.05, 4.69) is 115 Å². The highest BCUT2D eigenvalue weighted by Gasteiger charge is 2.23. The molecule has 0 radical (unpaired) electrons. The highest BCUT2D eigenvalue weighted by atomic mass is 15.3. The van der Waals surface area contributed by atoms with Gasteiger partial charge in [-0.1, -0.05) is 96.9 Å². The molecular weight excluding hydrogens is 488 g/mol. The first-order valence-corrected chi connectivity index (χ1v) is 16.0. The predicted octanol–water partition coefficient (Wildman–Crippen LogP) is 11.2. The summed E-state index contributed by atoms with van der Waals surface area (Å²) in [6, 6.07) is 0. The summed E-state index contributed by atoms with van der Waals surface area (Å²) in [5, 5.41) is 8.29. The molecule has 4 heteroatoms. The van der Waals surface area contributed by atoms with Crippen LogP contribution in [0.15, 0.2) is 33.7 Å². The number of hydrogen-bond donors (Lipinski definition) is 2. The van der Waals surface area contributed by atoms with Crippen molar-refractivity contribution in [3.8, 4) is 0 Å². The van der Waals surface area contributed by atoms with Gasteiger partial charge in [-0.15, -0.1) is 0 Å². The molecule has 0 aromatic heterocycles. The van der Waals surface area contributed by atoms with Crippen molar-refractivity contribution in [2.45, 2.75) is 148 Å². The maximum atomic E-state index is 4.15. The zero-order valence-corrected chi connectivity index (χ0v) is 26.9. The van der Waals surface area contributed by atoms with Crippen LogP contribution in [-0.2, 0) is 0 Å². The molecule has 2 fully saturated rings. The molecule has 2 saturated carbocycles. The van der Waals surface area contributed by atoms with Gasteiger partial charge in [-0.3, -0.25) is 10.9 Å². The monoisotopic (exact) mass is 561 g/mol. The van der Waals surface area contributed by atoms with Crippen molar-refractivity contribution in [1.29, 1.82) is 0 Å². The number of hydrogen-bond acceptors (Lipinski definition) is 4. The molecule has 4 rings (SSSR count). The van der Waals surface area contributed by atoms with Crippen molar-refractivity contribution < 1.29 is 0 Å². The van der Waals surface area contributed by atoms with Crippen LogP contribution in [-0.4, -0.2) is 12.4 Å². The van der Waals surface area contributed by atoms with E-state index in [-0.39, 0.29) is 14.9 Å². The Hall–Kier alpha value is -1.58. The second kappa shape index (κ2) is 23.0. The molecule has 4 nitrogen and oxygen atoms in total. The number of rotatable bonds is 2. The fourth-order valence-corrected chi connectivity index (χ4v) is 5.48. The molecule has 2 aliphatic heterocycles. The van der Waals surface area contributed by atoms with E-state index >= 15 is 0 Å². The zero-order valence-electron chi connectivity index (χ0n) is 26.9. The predicted molar refractivity (Wildman–Crippen MR) is 184 cm³/mol. The molecule has 0 saturated heterocycles. The topological polar surface area (TPSA) is 48.8 Å². The SMILES string of the molecule is C.C.CC(C)C.CC(C)C.CC(C)C1CCCC2=CNN=CC2CC1.CC(C)C1CCCC2C=NNC=C2CC1. The Bertz CT molecular complexity index is 718. The Labute approximate surface area is 252 Å². The van der Waals surface area contributed by atoms with E-state index in [1.807, 2.05) is 0 Å². The fraction of sp³-hybridized carbons (Fsp3) is 0.833. The van der Waals surface area contributed by atoms with Crippen molar-refractivity contribution in [2.24, 2.45) is 57.5 Å². The smallest absolute Gasteiger partial charge is 0.0318 e. The van der Waals surface area contributed by atoms with E-state index in [0.717, 1.165) is 35.5 Å². The molecule has 4 unspecified atom stereocenters. The largest absolute Gasteiger partial charge is 0.286 e. The molecule has 2 heterocycles. The Kier molecular flexibility index (Phi) is 23.4. The van der Waals surface area contributed by atoms with E-state index in [0.29, 0.717) is 11.8 Å². The van der Waals surface area contributed by atoms with Crippen LogP contribution in [0.3, 0.4) is 0 Å². The van der Waals surface area contributed by atoms with Crippen LogP contribution in [0.1, 0.15) is 148 Å². The lowest BCUT2D eigenvalue weighted by Gasteiger charge is -2.28. The summed E-state index contributed by atoms with van der Waals surface area (Å²) in [5.74, 6) is 6.44. The van der Waals surface area contributed by atoms with Gasteiger partial charge in [0.1, 0.15) is 0 Å². The standard InChI is InChI=1S/2C13H22N2.2C4H10.2CH4/c2*1-10(2)11-4-3-5-12-8-14-15-9-13(12)7-6-11;2*1-4(2)3;;/h8-11,13-14H,3-7H2,1-2H3;8-12,15H,3-7H2,1-2H3;2*4H,1-3H3;2*1H4. The van der Waals surface area contributed by atoms with Crippen molar-refractivity contribution in [3.05, 3.63) is 23.5 Å². The maximum Gasteiger partial charge on any atom is 0.0318 e. The molecule has 4 aliphatic rings. The molecule has 236 valence electrons. The number of allylic oxidation sites excluding steroid dienone is 2. The molecular formula is C36H72N4. The summed E-state index contributed by atoms with van der Waals surface area (Å²) in [6.07, 6.45) is 21.7. The Morgan fingerprint density at radius 2 is 0.975 bits per heavy atom. The zero-order chi connectivity index (χ0) is 28.5. The minimum Gasteiger partial charge on any atom is -0.286 e. The minimum atomic E-state index is 0. The number of nitrogens with zero attached hydrogens (tertiary/aromatic N) is 2. The third-order valence-electron chi connectivity index (χ3n) is 7.78. The van der Waals surface area contributed by atoms with Gasteiger partial charge in [0.25, 0.3) is 0 Å². The molecule has 0 spiro atoms. The van der Waals surface area contributed by atoms with Gasteiger partial charge in [-0.05, 0) is 98.0 Å². The van der Waals surface area contributed by atoms with Crippen molar-refractivity contribution in [3.63, 3.8) is 0 Å². The fourth-order valence-electron chi connectivity index (χ4n) is 5.48. The van der Waals surface area contributed by atoms with E-state index in [1.54, 1.807) is 11.1 Å². The molecule has 0 amide bonds. The van der Waals surface area contributed by atoms with Gasteiger partial charge in [0.15, 0.2) is 0 Å². The lowest BCUT2D eigenvalue weighted by Crippen LogP contribution is -2.21. The molecule has 0 aromatic rings. The van der Waals surface area contributed by atoms with Crippen molar-refractivity contribution in [2.75, 3.05) is 0 Å². The maximum absolute atomic E-state index is 4.15. The number of hydrazone groups is 2. The van der Waals surface area contributed by atoms with E-state index < -0.39 is 0 Å². The van der Waals surface area contributed by atoms with Crippen LogP contribution in [0.4, 0.5) is 0 Å². The Morgan fingerprint density at radius 3 is 1.48 bits per heavy atom. The number of nitrogens with one attached hydrogen (secondary N) is 2. The third kappa shape index (κ3) is 18.0. The summed E-state index contributed by atoms with van der Waals surface area (Å²) < 4.78 is 0.